The highest BCUT2D eigenvalue weighted by Gasteiger charge is 2.49. The average Bonchev–Trinajstić information content (AvgIpc) is 3.66. The molecule has 0 amide bonds. The third-order valence-electron chi connectivity index (χ3n) is 11.3. The number of aliphatic hydroxyl groups excluding tert-OH is 1. The van der Waals surface area contributed by atoms with Gasteiger partial charge in [0.15, 0.2) is 23.0 Å². The molecule has 2 unspecified atom stereocenters. The minimum Gasteiger partial charge on any atom is -0.508 e. The number of hydrogen-bond donors (Lipinski definition) is 7. The van der Waals surface area contributed by atoms with Crippen LogP contribution in [0.5, 0.6) is 34.5 Å². The van der Waals surface area contributed by atoms with Crippen LogP contribution in [0.2, 0.25) is 0 Å². The van der Waals surface area contributed by atoms with Crippen LogP contribution in [-0.4, -0.2) is 57.7 Å². The van der Waals surface area contributed by atoms with E-state index in [9.17, 15) is 30.3 Å². The first-order valence-electron chi connectivity index (χ1n) is 18.6. The smallest absolute Gasteiger partial charge is 0.200 e. The molecule has 10 heteroatoms. The highest BCUT2D eigenvalue weighted by atomic mass is 16.5. The van der Waals surface area contributed by atoms with Crippen LogP contribution in [-0.2, 0) is 24.1 Å². The van der Waals surface area contributed by atoms with E-state index in [1.165, 1.54) is 13.2 Å². The van der Waals surface area contributed by atoms with Gasteiger partial charge < -0.3 is 45.6 Å². The van der Waals surface area contributed by atoms with E-state index in [-0.39, 0.29) is 41.0 Å². The van der Waals surface area contributed by atoms with Gasteiger partial charge in [0.05, 0.1) is 25.7 Å². The summed E-state index contributed by atoms with van der Waals surface area (Å²) in [6, 6.07) is 17.9. The molecule has 1 fully saturated rings. The first-order valence-corrected chi connectivity index (χ1v) is 18.6. The Morgan fingerprint density at radius 3 is 2.55 bits per heavy atom. The van der Waals surface area contributed by atoms with Crippen molar-refractivity contribution in [3.8, 4) is 34.5 Å². The molecule has 0 saturated heterocycles. The number of Topliss-reactive ketones (excluding diaryl/α,β-unsaturated/α-hetero) is 1. The quantitative estimate of drug-likeness (QED) is 0.0707. The van der Waals surface area contributed by atoms with E-state index in [4.69, 9.17) is 9.47 Å². The normalized spacial score (nSPS) is 17.5. The Kier molecular flexibility index (Phi) is 10.4. The van der Waals surface area contributed by atoms with E-state index in [1.54, 1.807) is 24.3 Å². The van der Waals surface area contributed by atoms with Crippen LogP contribution in [0.25, 0.3) is 10.8 Å². The Bertz CT molecular complexity index is 2070. The zero-order valence-electron chi connectivity index (χ0n) is 30.0. The van der Waals surface area contributed by atoms with E-state index in [2.05, 4.69) is 22.8 Å². The predicted molar refractivity (Wildman–Crippen MR) is 204 cm³/mol. The molecule has 0 bridgehead atoms. The molecule has 10 nitrogen and oxygen atoms in total. The summed E-state index contributed by atoms with van der Waals surface area (Å²) in [5.74, 6) is 0.378. The molecule has 53 heavy (non-hydrogen) atoms. The lowest BCUT2D eigenvalue weighted by atomic mass is 9.63. The molecule has 4 aromatic rings. The number of rotatable bonds is 13. The maximum absolute atomic E-state index is 14.7. The molecule has 0 aromatic heterocycles. The molecule has 2 heterocycles. The monoisotopic (exact) mass is 720 g/mol. The Hall–Kier alpha value is -5.35. The molecular weight excluding hydrogens is 672 g/mol. The van der Waals surface area contributed by atoms with Crippen LogP contribution in [0.4, 0.5) is 5.69 Å². The van der Waals surface area contributed by atoms with E-state index >= 15 is 0 Å². The fourth-order valence-corrected chi connectivity index (χ4v) is 8.70. The summed E-state index contributed by atoms with van der Waals surface area (Å²) >= 11 is 0. The van der Waals surface area contributed by atoms with Crippen molar-refractivity contribution in [3.05, 3.63) is 101 Å². The van der Waals surface area contributed by atoms with Crippen molar-refractivity contribution in [2.75, 3.05) is 25.6 Å². The number of ether oxygens (including phenoxy) is 2. The van der Waals surface area contributed by atoms with Crippen molar-refractivity contribution < 1.29 is 39.8 Å². The van der Waals surface area contributed by atoms with Gasteiger partial charge in [-0.25, -0.2) is 0 Å². The van der Waals surface area contributed by atoms with Gasteiger partial charge in [0.2, 0.25) is 5.75 Å². The second-order valence-corrected chi connectivity index (χ2v) is 14.6. The fraction of sp³-hybridized carbons (Fsp3) is 0.372. The number of aryl methyl sites for hydroxylation is 2. The zero-order valence-corrected chi connectivity index (χ0v) is 30.0. The SMILES string of the molecule is COc1cc(CCC(=O)C(C(O)CCc2ccc(O)c3c2CCCO3)C2(C3=CCNC(Nc4ccc5cc(O)ccc5c4)=C3)CCCC2)cc(O)c1O. The fourth-order valence-electron chi connectivity index (χ4n) is 8.70. The molecule has 1 saturated carbocycles. The second kappa shape index (κ2) is 15.3. The molecule has 278 valence electrons. The Balaban J connectivity index is 1.19. The van der Waals surface area contributed by atoms with Gasteiger partial charge in [-0.1, -0.05) is 37.1 Å². The van der Waals surface area contributed by atoms with Crippen LogP contribution < -0.4 is 20.1 Å². The van der Waals surface area contributed by atoms with Crippen LogP contribution in [0, 0.1) is 11.3 Å². The number of benzene rings is 4. The summed E-state index contributed by atoms with van der Waals surface area (Å²) < 4.78 is 11.0. The van der Waals surface area contributed by atoms with Gasteiger partial charge in [-0.2, -0.15) is 0 Å². The van der Waals surface area contributed by atoms with Gasteiger partial charge in [-0.3, -0.25) is 4.79 Å². The van der Waals surface area contributed by atoms with Gasteiger partial charge in [-0.15, -0.1) is 0 Å². The third kappa shape index (κ3) is 7.46. The van der Waals surface area contributed by atoms with E-state index < -0.39 is 17.4 Å². The van der Waals surface area contributed by atoms with Crippen LogP contribution >= 0.6 is 0 Å². The lowest BCUT2D eigenvalue weighted by Crippen LogP contribution is -2.44. The predicted octanol–water partition coefficient (Wildman–Crippen LogP) is 7.15. The average molecular weight is 721 g/mol. The zero-order chi connectivity index (χ0) is 37.1. The van der Waals surface area contributed by atoms with Gasteiger partial charge in [0.1, 0.15) is 17.4 Å². The number of hydrogen-bond acceptors (Lipinski definition) is 10. The maximum atomic E-state index is 14.7. The number of methoxy groups -OCH3 is 1. The van der Waals surface area contributed by atoms with Gasteiger partial charge in [0.25, 0.3) is 0 Å². The van der Waals surface area contributed by atoms with Crippen molar-refractivity contribution in [3.63, 3.8) is 0 Å². The van der Waals surface area contributed by atoms with E-state index in [0.29, 0.717) is 43.7 Å². The second-order valence-electron chi connectivity index (χ2n) is 14.6. The molecule has 3 aliphatic rings. The van der Waals surface area contributed by atoms with Crippen molar-refractivity contribution >= 4 is 22.2 Å². The number of phenols is 4. The van der Waals surface area contributed by atoms with Crippen molar-refractivity contribution in [1.29, 1.82) is 0 Å². The van der Waals surface area contributed by atoms with Crippen molar-refractivity contribution in [2.45, 2.75) is 70.3 Å². The number of aliphatic hydroxyl groups is 1. The first kappa shape index (κ1) is 36.0. The minimum absolute atomic E-state index is 0.0536. The molecule has 7 rings (SSSR count). The summed E-state index contributed by atoms with van der Waals surface area (Å²) in [4.78, 5) is 14.7. The third-order valence-corrected chi connectivity index (χ3v) is 11.3. The van der Waals surface area contributed by atoms with Crippen LogP contribution in [0.3, 0.4) is 0 Å². The minimum atomic E-state index is -0.949. The summed E-state index contributed by atoms with van der Waals surface area (Å²) in [7, 11) is 1.41. The number of carbonyl (C=O) groups excluding carboxylic acids is 1. The van der Waals surface area contributed by atoms with Crippen LogP contribution in [0.15, 0.2) is 84.2 Å². The molecule has 0 radical (unpaired) electrons. The number of allylic oxidation sites excluding steroid dienone is 2. The van der Waals surface area contributed by atoms with Gasteiger partial charge in [0, 0.05) is 29.6 Å². The van der Waals surface area contributed by atoms with Crippen molar-refractivity contribution in [1.82, 2.24) is 5.32 Å². The summed E-state index contributed by atoms with van der Waals surface area (Å²) in [6.07, 6.45) is 9.60. The maximum Gasteiger partial charge on any atom is 0.200 e. The molecule has 4 aromatic carbocycles. The Labute approximate surface area is 309 Å². The van der Waals surface area contributed by atoms with Gasteiger partial charge >= 0.3 is 0 Å². The largest absolute Gasteiger partial charge is 0.508 e. The number of carbonyl (C=O) groups is 1. The highest BCUT2D eigenvalue weighted by molar-refractivity contribution is 5.87. The Morgan fingerprint density at radius 2 is 1.74 bits per heavy atom. The lowest BCUT2D eigenvalue weighted by molar-refractivity contribution is -0.131. The van der Waals surface area contributed by atoms with E-state index in [1.807, 2.05) is 30.3 Å². The number of anilines is 1. The first-order chi connectivity index (χ1) is 25.6. The van der Waals surface area contributed by atoms with Crippen LogP contribution in [0.1, 0.15) is 61.6 Å². The molecule has 1 aliphatic carbocycles. The number of fused-ring (bicyclic) bond motifs is 2. The molecule has 7 N–H and O–H groups in total. The molecule has 2 atom stereocenters. The number of phenolic OH excluding ortho intramolecular Hbond substituents is 4. The standard InChI is InChI=1S/C43H48N2O8/c1-52-38-22-26(21-37(50)41(38)51)6-13-34(47)40(35(48)14-9-27-10-15-36(49)42-33(27)5-4-20-53-42)43(17-2-3-18-43)30-16-19-44-39(25-30)45-31-11-7-29-24-32(46)12-8-28(29)23-31/h7-8,10-12,15-16,21-25,35,40,44-46,48-51H,2-6,9,13-14,17-20H2,1H3. The summed E-state index contributed by atoms with van der Waals surface area (Å²) in [5, 5.41) is 61.9. The number of dihydropyridines is 1. The van der Waals surface area contributed by atoms with Crippen molar-refractivity contribution in [2.24, 2.45) is 11.3 Å². The molecule has 0 spiro atoms. The summed E-state index contributed by atoms with van der Waals surface area (Å²) in [5.41, 5.74) is 3.93. The highest BCUT2D eigenvalue weighted by Crippen LogP contribution is 2.53. The van der Waals surface area contributed by atoms with E-state index in [0.717, 1.165) is 77.5 Å². The Morgan fingerprint density at radius 1 is 0.943 bits per heavy atom. The number of ketones is 1. The molecule has 2 aliphatic heterocycles. The lowest BCUT2D eigenvalue weighted by Gasteiger charge is -2.42. The van der Waals surface area contributed by atoms with Gasteiger partial charge in [-0.05, 0) is 121 Å². The summed E-state index contributed by atoms with van der Waals surface area (Å²) in [6.45, 7) is 1.11. The molecular formula is C43H48N2O8. The number of nitrogens with one attached hydrogen (secondary N) is 2. The topological polar surface area (TPSA) is 161 Å². The number of aromatic hydroxyl groups is 4.